The van der Waals surface area contributed by atoms with Crippen molar-refractivity contribution in [3.8, 4) is 0 Å². The predicted molar refractivity (Wildman–Crippen MR) is 69.8 cm³/mol. The van der Waals surface area contributed by atoms with Crippen LogP contribution in [-0.2, 0) is 6.42 Å². The Bertz CT molecular complexity index is 525. The summed E-state index contributed by atoms with van der Waals surface area (Å²) >= 11 is 0. The number of hydrogen-bond acceptors (Lipinski definition) is 0. The lowest BCUT2D eigenvalue weighted by atomic mass is 9.75. The van der Waals surface area contributed by atoms with Gasteiger partial charge in [0.2, 0.25) is 0 Å². The number of hydrogen-bond donors (Lipinski definition) is 0. The molecule has 0 spiro atoms. The Morgan fingerprint density at radius 1 is 1.00 bits per heavy atom. The van der Waals surface area contributed by atoms with Crippen LogP contribution in [0.25, 0.3) is 10.8 Å². The second-order valence-corrected chi connectivity index (χ2v) is 5.16. The number of aryl methyl sites for hydroxylation is 1. The fourth-order valence-corrected chi connectivity index (χ4v) is 2.99. The molecule has 0 aromatic heterocycles. The lowest BCUT2D eigenvalue weighted by Crippen LogP contribution is -2.16. The molecule has 0 saturated carbocycles. The van der Waals surface area contributed by atoms with Crippen molar-refractivity contribution < 1.29 is 0 Å². The van der Waals surface area contributed by atoms with Crippen molar-refractivity contribution in [2.75, 3.05) is 0 Å². The zero-order chi connectivity index (χ0) is 11.1. The van der Waals surface area contributed by atoms with Gasteiger partial charge in [0.1, 0.15) is 0 Å². The van der Waals surface area contributed by atoms with Gasteiger partial charge in [0.15, 0.2) is 0 Å². The second-order valence-electron chi connectivity index (χ2n) is 5.16. The maximum atomic E-state index is 2.38. The van der Waals surface area contributed by atoms with E-state index in [1.54, 1.807) is 11.1 Å². The molecule has 0 radical (unpaired) electrons. The molecular weight excluding hydrogens is 192 g/mol. The van der Waals surface area contributed by atoms with E-state index in [1.165, 1.54) is 23.6 Å². The van der Waals surface area contributed by atoms with Crippen molar-refractivity contribution in [1.82, 2.24) is 0 Å². The highest BCUT2D eigenvalue weighted by molar-refractivity contribution is 5.87. The fourth-order valence-electron chi connectivity index (χ4n) is 2.99. The molecule has 16 heavy (non-hydrogen) atoms. The molecule has 2 aromatic carbocycles. The molecule has 3 rings (SSSR count). The van der Waals surface area contributed by atoms with Gasteiger partial charge in [0, 0.05) is 0 Å². The number of benzene rings is 2. The van der Waals surface area contributed by atoms with Crippen LogP contribution in [0.5, 0.6) is 0 Å². The summed E-state index contributed by atoms with van der Waals surface area (Å²) in [7, 11) is 0. The van der Waals surface area contributed by atoms with Crippen LogP contribution < -0.4 is 0 Å². The minimum absolute atomic E-state index is 0.716. The van der Waals surface area contributed by atoms with Crippen LogP contribution in [0, 0.1) is 5.92 Å². The highest BCUT2D eigenvalue weighted by Crippen LogP contribution is 2.38. The Balaban J connectivity index is 2.27. The molecular formula is C16H18. The summed E-state index contributed by atoms with van der Waals surface area (Å²) < 4.78 is 0. The first-order chi connectivity index (χ1) is 7.77. The molecule has 0 fully saturated rings. The van der Waals surface area contributed by atoms with Gasteiger partial charge in [-0.1, -0.05) is 50.2 Å². The molecule has 2 atom stereocenters. The molecule has 0 amide bonds. The van der Waals surface area contributed by atoms with E-state index in [0.717, 1.165) is 5.92 Å². The number of fused-ring (bicyclic) bond motifs is 3. The largest absolute Gasteiger partial charge is 0.0619 e. The highest BCUT2D eigenvalue weighted by atomic mass is 14.3. The number of rotatable bonds is 0. The van der Waals surface area contributed by atoms with Gasteiger partial charge in [-0.05, 0) is 46.6 Å². The van der Waals surface area contributed by atoms with E-state index in [4.69, 9.17) is 0 Å². The van der Waals surface area contributed by atoms with Gasteiger partial charge in [-0.15, -0.1) is 0 Å². The first-order valence-corrected chi connectivity index (χ1v) is 6.28. The standard InChI is InChI=1S/C16H18/c1-11-7-9-16-14(12(11)2)10-8-13-5-3-4-6-15(13)16/h3-6,8,10-12H,7,9H2,1-2H3/t11-,12-/m1/s1. The molecule has 0 aliphatic heterocycles. The van der Waals surface area contributed by atoms with Crippen molar-refractivity contribution in [3.63, 3.8) is 0 Å². The minimum Gasteiger partial charge on any atom is -0.0619 e. The third-order valence-electron chi connectivity index (χ3n) is 4.27. The third kappa shape index (κ3) is 1.36. The van der Waals surface area contributed by atoms with Crippen LogP contribution in [0.4, 0.5) is 0 Å². The Labute approximate surface area is 97.3 Å². The van der Waals surface area contributed by atoms with Crippen molar-refractivity contribution in [2.45, 2.75) is 32.6 Å². The summed E-state index contributed by atoms with van der Waals surface area (Å²) in [6.07, 6.45) is 2.59. The van der Waals surface area contributed by atoms with E-state index in [1.807, 2.05) is 0 Å². The monoisotopic (exact) mass is 210 g/mol. The molecule has 0 bridgehead atoms. The molecule has 0 unspecified atom stereocenters. The molecule has 82 valence electrons. The SMILES string of the molecule is C[C@@H]1CCc2c(ccc3ccccc23)[C@@H]1C. The van der Waals surface area contributed by atoms with Crippen molar-refractivity contribution >= 4 is 10.8 Å². The fraction of sp³-hybridized carbons (Fsp3) is 0.375. The van der Waals surface area contributed by atoms with Crippen LogP contribution in [0.15, 0.2) is 36.4 Å². The van der Waals surface area contributed by atoms with Gasteiger partial charge in [-0.2, -0.15) is 0 Å². The van der Waals surface area contributed by atoms with Crippen LogP contribution in [0.1, 0.15) is 37.3 Å². The molecule has 0 saturated heterocycles. The van der Waals surface area contributed by atoms with Gasteiger partial charge in [-0.3, -0.25) is 0 Å². The van der Waals surface area contributed by atoms with Crippen LogP contribution in [0.3, 0.4) is 0 Å². The minimum atomic E-state index is 0.716. The first-order valence-electron chi connectivity index (χ1n) is 6.28. The molecule has 1 aliphatic carbocycles. The molecule has 1 aliphatic rings. The van der Waals surface area contributed by atoms with Crippen LogP contribution in [0.2, 0.25) is 0 Å². The van der Waals surface area contributed by atoms with E-state index < -0.39 is 0 Å². The summed E-state index contributed by atoms with van der Waals surface area (Å²) in [5.74, 6) is 1.54. The van der Waals surface area contributed by atoms with Gasteiger partial charge in [0.05, 0.1) is 0 Å². The Morgan fingerprint density at radius 3 is 2.69 bits per heavy atom. The Hall–Kier alpha value is -1.30. The molecule has 0 heterocycles. The van der Waals surface area contributed by atoms with Crippen molar-refractivity contribution in [2.24, 2.45) is 5.92 Å². The highest BCUT2D eigenvalue weighted by Gasteiger charge is 2.23. The summed E-state index contributed by atoms with van der Waals surface area (Å²) in [5, 5.41) is 2.86. The Kier molecular flexibility index (Phi) is 2.24. The second kappa shape index (κ2) is 3.62. The average Bonchev–Trinajstić information content (AvgIpc) is 2.33. The summed E-state index contributed by atoms with van der Waals surface area (Å²) in [6, 6.07) is 13.4. The van der Waals surface area contributed by atoms with Gasteiger partial charge in [-0.25, -0.2) is 0 Å². The van der Waals surface area contributed by atoms with Gasteiger partial charge >= 0.3 is 0 Å². The maximum Gasteiger partial charge on any atom is -0.0149 e. The van der Waals surface area contributed by atoms with E-state index in [0.29, 0.717) is 5.92 Å². The first kappa shape index (κ1) is 9.89. The van der Waals surface area contributed by atoms with E-state index >= 15 is 0 Å². The lowest BCUT2D eigenvalue weighted by Gasteiger charge is -2.29. The maximum absolute atomic E-state index is 2.38. The summed E-state index contributed by atoms with van der Waals surface area (Å²) in [5.41, 5.74) is 3.18. The molecule has 0 heteroatoms. The van der Waals surface area contributed by atoms with Crippen molar-refractivity contribution in [3.05, 3.63) is 47.5 Å². The van der Waals surface area contributed by atoms with E-state index in [-0.39, 0.29) is 0 Å². The average molecular weight is 210 g/mol. The van der Waals surface area contributed by atoms with Crippen LogP contribution >= 0.6 is 0 Å². The molecule has 2 aromatic rings. The molecule has 0 N–H and O–H groups in total. The zero-order valence-electron chi connectivity index (χ0n) is 10.0. The third-order valence-corrected chi connectivity index (χ3v) is 4.27. The molecule has 0 nitrogen and oxygen atoms in total. The lowest BCUT2D eigenvalue weighted by molar-refractivity contribution is 0.427. The van der Waals surface area contributed by atoms with Crippen LogP contribution in [-0.4, -0.2) is 0 Å². The summed E-state index contributed by atoms with van der Waals surface area (Å²) in [6.45, 7) is 4.75. The van der Waals surface area contributed by atoms with Gasteiger partial charge < -0.3 is 0 Å². The van der Waals surface area contributed by atoms with Gasteiger partial charge in [0.25, 0.3) is 0 Å². The smallest absolute Gasteiger partial charge is 0.0149 e. The van der Waals surface area contributed by atoms with Crippen molar-refractivity contribution in [1.29, 1.82) is 0 Å². The topological polar surface area (TPSA) is 0 Å². The van der Waals surface area contributed by atoms with E-state index in [2.05, 4.69) is 50.2 Å². The zero-order valence-corrected chi connectivity index (χ0v) is 10.0. The normalized spacial score (nSPS) is 24.4. The predicted octanol–water partition coefficient (Wildman–Crippen LogP) is 4.53. The summed E-state index contributed by atoms with van der Waals surface area (Å²) in [4.78, 5) is 0. The Morgan fingerprint density at radius 2 is 1.81 bits per heavy atom. The quantitative estimate of drug-likeness (QED) is 0.599. The van der Waals surface area contributed by atoms with E-state index in [9.17, 15) is 0 Å².